The molecule has 0 bridgehead atoms. The van der Waals surface area contributed by atoms with E-state index in [-0.39, 0.29) is 11.3 Å². The van der Waals surface area contributed by atoms with Gasteiger partial charge in [0, 0.05) is 6.54 Å². The third kappa shape index (κ3) is 4.04. The van der Waals surface area contributed by atoms with Crippen molar-refractivity contribution in [1.29, 1.82) is 0 Å². The van der Waals surface area contributed by atoms with Gasteiger partial charge in [0.15, 0.2) is 11.5 Å². The maximum atomic E-state index is 12.1. The molecule has 1 fully saturated rings. The van der Waals surface area contributed by atoms with Gasteiger partial charge in [-0.15, -0.1) is 11.8 Å². The number of rotatable bonds is 8. The lowest BCUT2D eigenvalue weighted by atomic mass is 10.1. The molecule has 1 aromatic rings. The van der Waals surface area contributed by atoms with Crippen LogP contribution in [0.3, 0.4) is 0 Å². The summed E-state index contributed by atoms with van der Waals surface area (Å²) in [7, 11) is 1.64. The van der Waals surface area contributed by atoms with Gasteiger partial charge in [0.2, 0.25) is 5.91 Å². The molecule has 1 heterocycles. The molecule has 1 aliphatic heterocycles. The minimum absolute atomic E-state index is 0.0828. The molecular formula is C16H23NO3S2. The van der Waals surface area contributed by atoms with E-state index in [0.717, 1.165) is 35.8 Å². The Hall–Kier alpha value is -1.01. The lowest BCUT2D eigenvalue weighted by Gasteiger charge is -2.25. The van der Waals surface area contributed by atoms with Crippen LogP contribution < -0.4 is 9.47 Å². The Balaban J connectivity index is 2.17. The predicted molar refractivity (Wildman–Crippen MR) is 94.1 cm³/mol. The van der Waals surface area contributed by atoms with Crippen LogP contribution in [0.15, 0.2) is 18.2 Å². The first-order chi connectivity index (χ1) is 10.7. The summed E-state index contributed by atoms with van der Waals surface area (Å²) in [6, 6.07) is 5.95. The Morgan fingerprint density at radius 1 is 1.41 bits per heavy atom. The zero-order valence-corrected chi connectivity index (χ0v) is 15.0. The van der Waals surface area contributed by atoms with Crippen LogP contribution >= 0.6 is 23.5 Å². The van der Waals surface area contributed by atoms with E-state index in [0.29, 0.717) is 12.4 Å². The van der Waals surface area contributed by atoms with Crippen LogP contribution in [0.5, 0.6) is 11.5 Å². The molecule has 0 radical (unpaired) electrons. The Kier molecular flexibility index (Phi) is 6.76. The molecule has 0 aromatic heterocycles. The Labute approximate surface area is 140 Å². The maximum Gasteiger partial charge on any atom is 0.233 e. The van der Waals surface area contributed by atoms with E-state index < -0.39 is 0 Å². The highest BCUT2D eigenvalue weighted by Crippen LogP contribution is 2.41. The van der Waals surface area contributed by atoms with Crippen LogP contribution in [-0.2, 0) is 4.79 Å². The topological polar surface area (TPSA) is 38.8 Å². The number of methoxy groups -OCH3 is 1. The molecule has 1 aliphatic rings. The largest absolute Gasteiger partial charge is 0.493 e. The number of benzene rings is 1. The molecule has 4 nitrogen and oxygen atoms in total. The molecule has 1 unspecified atom stereocenters. The van der Waals surface area contributed by atoms with Gasteiger partial charge < -0.3 is 14.4 Å². The number of hydrogen-bond acceptors (Lipinski definition) is 5. The molecule has 0 saturated carbocycles. The average Bonchev–Trinajstić information content (AvgIpc) is 2.89. The molecule has 6 heteroatoms. The van der Waals surface area contributed by atoms with E-state index in [9.17, 15) is 4.79 Å². The molecule has 22 heavy (non-hydrogen) atoms. The molecule has 1 atom stereocenters. The summed E-state index contributed by atoms with van der Waals surface area (Å²) in [6.45, 7) is 3.36. The Morgan fingerprint density at radius 2 is 2.23 bits per heavy atom. The van der Waals surface area contributed by atoms with Gasteiger partial charge in [-0.2, -0.15) is 11.8 Å². The normalized spacial score (nSPS) is 17.9. The van der Waals surface area contributed by atoms with Crippen LogP contribution in [0.1, 0.15) is 24.3 Å². The van der Waals surface area contributed by atoms with E-state index in [4.69, 9.17) is 9.47 Å². The summed E-state index contributed by atoms with van der Waals surface area (Å²) >= 11 is 3.50. The second-order valence-electron chi connectivity index (χ2n) is 4.94. The van der Waals surface area contributed by atoms with Crippen molar-refractivity contribution in [2.24, 2.45) is 0 Å². The molecule has 0 N–H and O–H groups in total. The van der Waals surface area contributed by atoms with Gasteiger partial charge in [-0.1, -0.05) is 6.07 Å². The van der Waals surface area contributed by atoms with Gasteiger partial charge in [-0.25, -0.2) is 0 Å². The van der Waals surface area contributed by atoms with E-state index in [1.807, 2.05) is 41.8 Å². The Morgan fingerprint density at radius 3 is 2.91 bits per heavy atom. The van der Waals surface area contributed by atoms with E-state index in [1.54, 1.807) is 18.9 Å². The molecule has 122 valence electrons. The molecular weight excluding hydrogens is 318 g/mol. The van der Waals surface area contributed by atoms with Crippen molar-refractivity contribution >= 4 is 29.4 Å². The van der Waals surface area contributed by atoms with E-state index >= 15 is 0 Å². The molecule has 1 amide bonds. The fourth-order valence-corrected chi connectivity index (χ4v) is 4.09. The summed E-state index contributed by atoms with van der Waals surface area (Å²) in [5.41, 5.74) is 1.10. The molecule has 1 aromatic carbocycles. The summed E-state index contributed by atoms with van der Waals surface area (Å²) < 4.78 is 11.0. The first-order valence-corrected chi connectivity index (χ1v) is 9.86. The smallest absolute Gasteiger partial charge is 0.233 e. The molecule has 2 rings (SSSR count). The third-order valence-electron chi connectivity index (χ3n) is 3.49. The Bertz CT molecular complexity index is 510. The minimum Gasteiger partial charge on any atom is -0.493 e. The zero-order valence-electron chi connectivity index (χ0n) is 13.3. The summed E-state index contributed by atoms with van der Waals surface area (Å²) in [5, 5.41) is 0.0828. The van der Waals surface area contributed by atoms with Crippen molar-refractivity contribution in [2.45, 2.75) is 18.7 Å². The van der Waals surface area contributed by atoms with Gasteiger partial charge in [-0.05, 0) is 43.0 Å². The summed E-state index contributed by atoms with van der Waals surface area (Å²) in [6.07, 6.45) is 3.12. The van der Waals surface area contributed by atoms with E-state index in [1.165, 1.54) is 0 Å². The van der Waals surface area contributed by atoms with Crippen molar-refractivity contribution in [3.8, 4) is 11.5 Å². The maximum absolute atomic E-state index is 12.1. The van der Waals surface area contributed by atoms with E-state index in [2.05, 4.69) is 6.26 Å². The predicted octanol–water partition coefficient (Wildman–Crippen LogP) is 3.42. The quantitative estimate of drug-likeness (QED) is 0.678. The molecule has 0 spiro atoms. The van der Waals surface area contributed by atoms with Crippen LogP contribution in [0.4, 0.5) is 0 Å². The van der Waals surface area contributed by atoms with Crippen molar-refractivity contribution < 1.29 is 14.3 Å². The van der Waals surface area contributed by atoms with Gasteiger partial charge in [-0.3, -0.25) is 4.79 Å². The standard InChI is InChI=1S/C16H23NO3S2/c1-4-20-14-10-12(6-7-13(14)19-2)16-17(8-5-9-21-3)15(18)11-22-16/h6-7,10,16H,4-5,8-9,11H2,1-3H3. The highest BCUT2D eigenvalue weighted by Gasteiger charge is 2.32. The SMILES string of the molecule is CCOc1cc(C2SCC(=O)N2CCCSC)ccc1OC. The molecule has 1 saturated heterocycles. The third-order valence-corrected chi connectivity index (χ3v) is 5.44. The monoisotopic (exact) mass is 341 g/mol. The highest BCUT2D eigenvalue weighted by atomic mass is 32.2. The second-order valence-corrected chi connectivity index (χ2v) is 6.99. The van der Waals surface area contributed by atoms with Crippen molar-refractivity contribution in [3.05, 3.63) is 23.8 Å². The number of amides is 1. The van der Waals surface area contributed by atoms with Crippen molar-refractivity contribution in [2.75, 3.05) is 38.0 Å². The first kappa shape index (κ1) is 17.3. The van der Waals surface area contributed by atoms with Crippen LogP contribution in [0.2, 0.25) is 0 Å². The number of carbonyl (C=O) groups excluding carboxylic acids is 1. The number of carbonyl (C=O) groups is 1. The van der Waals surface area contributed by atoms with Crippen LogP contribution in [-0.4, -0.2) is 48.8 Å². The highest BCUT2D eigenvalue weighted by molar-refractivity contribution is 8.00. The van der Waals surface area contributed by atoms with Gasteiger partial charge in [0.25, 0.3) is 0 Å². The van der Waals surface area contributed by atoms with Crippen molar-refractivity contribution in [3.63, 3.8) is 0 Å². The average molecular weight is 341 g/mol. The number of thioether (sulfide) groups is 2. The lowest BCUT2D eigenvalue weighted by molar-refractivity contribution is -0.128. The number of hydrogen-bond donors (Lipinski definition) is 0. The van der Waals surface area contributed by atoms with Gasteiger partial charge in [0.05, 0.1) is 19.5 Å². The second kappa shape index (κ2) is 8.58. The van der Waals surface area contributed by atoms with Crippen molar-refractivity contribution in [1.82, 2.24) is 4.90 Å². The fourth-order valence-electron chi connectivity index (χ4n) is 2.47. The first-order valence-electron chi connectivity index (χ1n) is 7.42. The van der Waals surface area contributed by atoms with Gasteiger partial charge >= 0.3 is 0 Å². The molecule has 0 aliphatic carbocycles. The van der Waals surface area contributed by atoms with Crippen LogP contribution in [0, 0.1) is 0 Å². The number of nitrogens with zero attached hydrogens (tertiary/aromatic N) is 1. The van der Waals surface area contributed by atoms with Gasteiger partial charge in [0.1, 0.15) is 5.37 Å². The minimum atomic E-state index is 0.0828. The summed E-state index contributed by atoms with van der Waals surface area (Å²) in [5.74, 6) is 3.33. The lowest BCUT2D eigenvalue weighted by Crippen LogP contribution is -2.29. The zero-order chi connectivity index (χ0) is 15.9. The number of ether oxygens (including phenoxy) is 2. The summed E-state index contributed by atoms with van der Waals surface area (Å²) in [4.78, 5) is 14.1. The fraction of sp³-hybridized carbons (Fsp3) is 0.562. The van der Waals surface area contributed by atoms with Crippen LogP contribution in [0.25, 0.3) is 0 Å².